The predicted molar refractivity (Wildman–Crippen MR) is 76.1 cm³/mol. The quantitative estimate of drug-likeness (QED) is 0.878. The Morgan fingerprint density at radius 2 is 2.00 bits per heavy atom. The van der Waals surface area contributed by atoms with Crippen molar-refractivity contribution in [2.45, 2.75) is 6.61 Å². The molecule has 0 spiro atoms. The number of halogens is 2. The molecule has 0 aliphatic carbocycles. The number of hydrogen-bond donors (Lipinski definition) is 1. The summed E-state index contributed by atoms with van der Waals surface area (Å²) in [6.07, 6.45) is 0. The summed E-state index contributed by atoms with van der Waals surface area (Å²) in [5.74, 6) is 5.48. The van der Waals surface area contributed by atoms with E-state index in [9.17, 15) is 4.39 Å². The van der Waals surface area contributed by atoms with E-state index < -0.39 is 5.82 Å². The molecule has 0 aliphatic rings. The number of aliphatic hydroxyl groups is 1. The van der Waals surface area contributed by atoms with Gasteiger partial charge in [0, 0.05) is 0 Å². The first kappa shape index (κ1) is 14.4. The second-order valence-electron chi connectivity index (χ2n) is 3.99. The van der Waals surface area contributed by atoms with Crippen LogP contribution >= 0.6 is 11.6 Å². The zero-order valence-electron chi connectivity index (χ0n) is 10.6. The van der Waals surface area contributed by atoms with E-state index in [4.69, 9.17) is 21.4 Å². The van der Waals surface area contributed by atoms with E-state index >= 15 is 0 Å². The lowest BCUT2D eigenvalue weighted by Gasteiger charge is -2.08. The van der Waals surface area contributed by atoms with E-state index in [2.05, 4.69) is 11.8 Å². The van der Waals surface area contributed by atoms with E-state index in [0.29, 0.717) is 16.9 Å². The highest BCUT2D eigenvalue weighted by atomic mass is 35.5. The average Bonchev–Trinajstić information content (AvgIpc) is 2.47. The molecule has 20 heavy (non-hydrogen) atoms. The molecular formula is C16H12ClFO2. The van der Waals surface area contributed by atoms with Gasteiger partial charge in [-0.3, -0.25) is 0 Å². The first-order valence-electron chi connectivity index (χ1n) is 5.96. The van der Waals surface area contributed by atoms with E-state index in [-0.39, 0.29) is 18.2 Å². The van der Waals surface area contributed by atoms with Gasteiger partial charge in [-0.2, -0.15) is 0 Å². The topological polar surface area (TPSA) is 29.5 Å². The maximum absolute atomic E-state index is 13.3. The van der Waals surface area contributed by atoms with Crippen molar-refractivity contribution in [3.05, 3.63) is 64.4 Å². The minimum Gasteiger partial charge on any atom is -0.488 e. The van der Waals surface area contributed by atoms with Crippen molar-refractivity contribution in [3.63, 3.8) is 0 Å². The number of benzene rings is 2. The Labute approximate surface area is 121 Å². The molecule has 2 rings (SSSR count). The first-order chi connectivity index (χ1) is 9.70. The standard InChI is InChI=1S/C16H12ClFO2/c17-14-8-7-12(10-15(14)18)11-20-16-6-2-1-4-13(16)5-3-9-19/h1-2,4,6-8,10,19H,9,11H2. The van der Waals surface area contributed by atoms with Crippen molar-refractivity contribution in [1.82, 2.24) is 0 Å². The van der Waals surface area contributed by atoms with E-state index in [1.54, 1.807) is 18.2 Å². The van der Waals surface area contributed by atoms with Crippen LogP contribution in [0.5, 0.6) is 5.75 Å². The number of ether oxygens (including phenoxy) is 1. The molecule has 0 bridgehead atoms. The number of para-hydroxylation sites is 1. The zero-order chi connectivity index (χ0) is 14.4. The van der Waals surface area contributed by atoms with Crippen molar-refractivity contribution in [2.75, 3.05) is 6.61 Å². The minimum atomic E-state index is -0.471. The second-order valence-corrected chi connectivity index (χ2v) is 4.40. The number of hydrogen-bond acceptors (Lipinski definition) is 2. The predicted octanol–water partition coefficient (Wildman–Crippen LogP) is 3.40. The lowest BCUT2D eigenvalue weighted by Crippen LogP contribution is -1.98. The normalized spacial score (nSPS) is 9.75. The average molecular weight is 291 g/mol. The summed E-state index contributed by atoms with van der Waals surface area (Å²) in [4.78, 5) is 0. The third-order valence-corrected chi connectivity index (χ3v) is 2.87. The molecule has 0 saturated heterocycles. The Hall–Kier alpha value is -2.02. The molecule has 2 nitrogen and oxygen atoms in total. The Morgan fingerprint density at radius 3 is 2.75 bits per heavy atom. The Kier molecular flexibility index (Phi) is 5.00. The lowest BCUT2D eigenvalue weighted by atomic mass is 10.2. The van der Waals surface area contributed by atoms with Gasteiger partial charge in [-0.25, -0.2) is 4.39 Å². The molecule has 0 atom stereocenters. The summed E-state index contributed by atoms with van der Waals surface area (Å²) in [6.45, 7) is 0.00262. The Morgan fingerprint density at radius 1 is 1.20 bits per heavy atom. The molecule has 0 unspecified atom stereocenters. The third-order valence-electron chi connectivity index (χ3n) is 2.57. The largest absolute Gasteiger partial charge is 0.488 e. The molecule has 0 radical (unpaired) electrons. The molecule has 0 fully saturated rings. The van der Waals surface area contributed by atoms with Crippen LogP contribution in [0.4, 0.5) is 4.39 Å². The molecule has 2 aromatic rings. The fourth-order valence-electron chi connectivity index (χ4n) is 1.62. The summed E-state index contributed by atoms with van der Waals surface area (Å²) in [5.41, 5.74) is 1.35. The van der Waals surface area contributed by atoms with Gasteiger partial charge in [0.1, 0.15) is 24.8 Å². The Bertz CT molecular complexity index is 659. The van der Waals surface area contributed by atoms with Crippen LogP contribution < -0.4 is 4.74 Å². The molecule has 0 amide bonds. The zero-order valence-corrected chi connectivity index (χ0v) is 11.3. The summed E-state index contributed by atoms with van der Waals surface area (Å²) in [7, 11) is 0. The highest BCUT2D eigenvalue weighted by Crippen LogP contribution is 2.20. The number of rotatable bonds is 3. The van der Waals surface area contributed by atoms with Gasteiger partial charge in [0.05, 0.1) is 10.6 Å². The van der Waals surface area contributed by atoms with Gasteiger partial charge in [-0.1, -0.05) is 41.6 Å². The van der Waals surface area contributed by atoms with Crippen molar-refractivity contribution in [3.8, 4) is 17.6 Å². The van der Waals surface area contributed by atoms with Crippen molar-refractivity contribution in [2.24, 2.45) is 0 Å². The van der Waals surface area contributed by atoms with Gasteiger partial charge in [0.15, 0.2) is 0 Å². The summed E-state index contributed by atoms with van der Waals surface area (Å²) in [5, 5.41) is 8.80. The minimum absolute atomic E-state index is 0.0861. The van der Waals surface area contributed by atoms with E-state index in [1.807, 2.05) is 12.1 Å². The number of aliphatic hydroxyl groups excluding tert-OH is 1. The molecule has 0 aromatic heterocycles. The molecule has 0 aliphatic heterocycles. The second kappa shape index (κ2) is 6.95. The molecular weight excluding hydrogens is 279 g/mol. The highest BCUT2D eigenvalue weighted by molar-refractivity contribution is 6.30. The van der Waals surface area contributed by atoms with Gasteiger partial charge >= 0.3 is 0 Å². The van der Waals surface area contributed by atoms with Crippen LogP contribution in [0.15, 0.2) is 42.5 Å². The first-order valence-corrected chi connectivity index (χ1v) is 6.34. The fourth-order valence-corrected chi connectivity index (χ4v) is 1.74. The summed E-state index contributed by atoms with van der Waals surface area (Å²) < 4.78 is 18.9. The molecule has 2 aromatic carbocycles. The van der Waals surface area contributed by atoms with E-state index in [0.717, 1.165) is 0 Å². The molecule has 4 heteroatoms. The Balaban J connectivity index is 2.12. The molecule has 0 saturated carbocycles. The van der Waals surface area contributed by atoms with Crippen LogP contribution in [-0.2, 0) is 6.61 Å². The third kappa shape index (κ3) is 3.74. The maximum atomic E-state index is 13.3. The van der Waals surface area contributed by atoms with Crippen molar-refractivity contribution >= 4 is 11.6 Å². The summed E-state index contributed by atoms with van der Waals surface area (Å²) >= 11 is 5.62. The van der Waals surface area contributed by atoms with E-state index in [1.165, 1.54) is 12.1 Å². The molecule has 0 heterocycles. The van der Waals surface area contributed by atoms with Gasteiger partial charge < -0.3 is 9.84 Å². The van der Waals surface area contributed by atoms with Gasteiger partial charge in [-0.05, 0) is 29.8 Å². The fraction of sp³-hybridized carbons (Fsp3) is 0.125. The lowest BCUT2D eigenvalue weighted by molar-refractivity contribution is 0.304. The maximum Gasteiger partial charge on any atom is 0.142 e. The van der Waals surface area contributed by atoms with Gasteiger partial charge in [-0.15, -0.1) is 0 Å². The van der Waals surface area contributed by atoms with Crippen LogP contribution in [-0.4, -0.2) is 11.7 Å². The smallest absolute Gasteiger partial charge is 0.142 e. The van der Waals surface area contributed by atoms with Gasteiger partial charge in [0.2, 0.25) is 0 Å². The van der Waals surface area contributed by atoms with Crippen LogP contribution in [0.1, 0.15) is 11.1 Å². The van der Waals surface area contributed by atoms with Crippen LogP contribution in [0.2, 0.25) is 5.02 Å². The van der Waals surface area contributed by atoms with Gasteiger partial charge in [0.25, 0.3) is 0 Å². The van der Waals surface area contributed by atoms with Crippen LogP contribution in [0, 0.1) is 17.7 Å². The van der Waals surface area contributed by atoms with Crippen molar-refractivity contribution < 1.29 is 14.2 Å². The summed E-state index contributed by atoms with van der Waals surface area (Å²) in [6, 6.07) is 11.7. The van der Waals surface area contributed by atoms with Crippen molar-refractivity contribution in [1.29, 1.82) is 0 Å². The van der Waals surface area contributed by atoms with Crippen LogP contribution in [0.25, 0.3) is 0 Å². The molecule has 102 valence electrons. The highest BCUT2D eigenvalue weighted by Gasteiger charge is 2.04. The monoisotopic (exact) mass is 290 g/mol. The SMILES string of the molecule is OCC#Cc1ccccc1OCc1ccc(Cl)c(F)c1. The van der Waals surface area contributed by atoms with Crippen LogP contribution in [0.3, 0.4) is 0 Å². The molecule has 1 N–H and O–H groups in total.